The van der Waals surface area contributed by atoms with Gasteiger partial charge in [0.15, 0.2) is 5.78 Å². The quantitative estimate of drug-likeness (QED) is 0.236. The van der Waals surface area contributed by atoms with Crippen molar-refractivity contribution in [2.45, 2.75) is 44.9 Å². The molecule has 0 saturated heterocycles. The third-order valence-corrected chi connectivity index (χ3v) is 6.27. The molecule has 3 aromatic carbocycles. The van der Waals surface area contributed by atoms with Gasteiger partial charge in [-0.15, -0.1) is 0 Å². The Morgan fingerprint density at radius 1 is 0.878 bits per heavy atom. The minimum absolute atomic E-state index is 0.142. The summed E-state index contributed by atoms with van der Waals surface area (Å²) in [7, 11) is 1.28. The molecule has 0 aliphatic rings. The second-order valence-electron chi connectivity index (χ2n) is 10.3. The number of para-hydroxylation sites is 1. The average molecular weight is 571 g/mol. The lowest BCUT2D eigenvalue weighted by Gasteiger charge is -2.36. The Morgan fingerprint density at radius 3 is 2.07 bits per heavy atom. The molecule has 1 atom stereocenters. The van der Waals surface area contributed by atoms with Gasteiger partial charge in [-0.2, -0.15) is 13.2 Å². The van der Waals surface area contributed by atoms with Gasteiger partial charge in [0.05, 0.1) is 13.7 Å². The molecule has 0 aromatic heterocycles. The van der Waals surface area contributed by atoms with Crippen molar-refractivity contribution in [1.29, 1.82) is 0 Å². The summed E-state index contributed by atoms with van der Waals surface area (Å²) in [5.41, 5.74) is 1.11. The molecular weight excluding hydrogens is 537 g/mol. The number of rotatable bonds is 11. The average Bonchev–Trinajstić information content (AvgIpc) is 2.94. The molecule has 0 spiro atoms. The molecule has 0 bridgehead atoms. The number of esters is 1. The predicted molar refractivity (Wildman–Crippen MR) is 149 cm³/mol. The first-order valence-electron chi connectivity index (χ1n) is 12.9. The summed E-state index contributed by atoms with van der Waals surface area (Å²) >= 11 is 0. The van der Waals surface area contributed by atoms with Gasteiger partial charge in [0.25, 0.3) is 0 Å². The molecule has 1 amide bonds. The van der Waals surface area contributed by atoms with Crippen LogP contribution in [0.3, 0.4) is 0 Å². The van der Waals surface area contributed by atoms with Crippen LogP contribution < -0.4 is 10.1 Å². The highest BCUT2D eigenvalue weighted by Gasteiger charge is 2.45. The van der Waals surface area contributed by atoms with Crippen LogP contribution >= 0.6 is 0 Å². The van der Waals surface area contributed by atoms with E-state index in [1.165, 1.54) is 27.9 Å². The Bertz CT molecular complexity index is 1340. The van der Waals surface area contributed by atoms with Gasteiger partial charge in [-0.3, -0.25) is 9.59 Å². The van der Waals surface area contributed by atoms with Crippen molar-refractivity contribution in [2.24, 2.45) is 0 Å². The second-order valence-corrected chi connectivity index (χ2v) is 10.3. The summed E-state index contributed by atoms with van der Waals surface area (Å²) in [6.45, 7) is 4.17. The molecule has 0 radical (unpaired) electrons. The summed E-state index contributed by atoms with van der Waals surface area (Å²) in [6, 6.07) is 21.6. The number of anilines is 1. The van der Waals surface area contributed by atoms with Gasteiger partial charge >= 0.3 is 18.1 Å². The number of nitrogens with one attached hydrogen (secondary N) is 1. The van der Waals surface area contributed by atoms with E-state index in [2.05, 4.69) is 5.32 Å². The van der Waals surface area contributed by atoms with Crippen LogP contribution in [0, 0.1) is 0 Å². The summed E-state index contributed by atoms with van der Waals surface area (Å²) in [4.78, 5) is 38.3. The van der Waals surface area contributed by atoms with E-state index in [1.54, 1.807) is 72.8 Å². The molecule has 0 aliphatic heterocycles. The van der Waals surface area contributed by atoms with Crippen molar-refractivity contribution in [3.63, 3.8) is 0 Å². The van der Waals surface area contributed by atoms with Crippen LogP contribution in [0.4, 0.5) is 18.9 Å². The van der Waals surface area contributed by atoms with Crippen LogP contribution in [0.5, 0.6) is 5.75 Å². The van der Waals surface area contributed by atoms with Gasteiger partial charge in [-0.05, 0) is 50.6 Å². The first-order chi connectivity index (χ1) is 19.3. The maximum absolute atomic E-state index is 13.1. The van der Waals surface area contributed by atoms with Gasteiger partial charge in [0.1, 0.15) is 18.4 Å². The smallest absolute Gasteiger partial charge is 0.471 e. The van der Waals surface area contributed by atoms with Crippen molar-refractivity contribution in [3.8, 4) is 5.75 Å². The number of hydrogen-bond donors (Lipinski definition) is 1. The molecule has 0 saturated carbocycles. The number of carbonyl (C=O) groups excluding carboxylic acids is 3. The number of benzene rings is 3. The lowest BCUT2D eigenvalue weighted by molar-refractivity contribution is -0.190. The number of nitrogens with zero attached hydrogens (tertiary/aromatic N) is 1. The van der Waals surface area contributed by atoms with Crippen LogP contribution in [0.2, 0.25) is 0 Å². The molecule has 0 aliphatic carbocycles. The monoisotopic (exact) mass is 570 g/mol. The maximum Gasteiger partial charge on any atom is 0.471 e. The predicted octanol–water partition coefficient (Wildman–Crippen LogP) is 5.68. The standard InChI is InChI=1S/C31H33F3N2O5/c1-30(2,3)36(29(39)31(32,33)34)18-19-41-23-16-14-21(15-17-23)20-26(28(38)40-4)35-25-13-9-8-12-24(25)27(37)22-10-6-5-7-11-22/h5-17,26,35H,18-20H2,1-4H3/t26-/m0/s1. The normalized spacial score (nSPS) is 12.3. The van der Waals surface area contributed by atoms with Crippen molar-refractivity contribution in [3.05, 3.63) is 95.6 Å². The van der Waals surface area contributed by atoms with Crippen LogP contribution in [-0.2, 0) is 20.7 Å². The Hall–Kier alpha value is -4.34. The second kappa shape index (κ2) is 13.3. The molecular formula is C31H33F3N2O5. The fraction of sp³-hybridized carbons (Fsp3) is 0.323. The van der Waals surface area contributed by atoms with E-state index in [0.717, 1.165) is 10.5 Å². The van der Waals surface area contributed by atoms with Gasteiger partial charge in [-0.1, -0.05) is 54.6 Å². The third kappa shape index (κ3) is 8.57. The van der Waals surface area contributed by atoms with Crippen LogP contribution in [0.25, 0.3) is 0 Å². The third-order valence-electron chi connectivity index (χ3n) is 6.27. The Labute approximate surface area is 237 Å². The van der Waals surface area contributed by atoms with E-state index in [-0.39, 0.29) is 25.4 Å². The van der Waals surface area contributed by atoms with Crippen molar-refractivity contribution < 1.29 is 37.0 Å². The molecule has 7 nitrogen and oxygen atoms in total. The minimum atomic E-state index is -4.98. The Balaban J connectivity index is 1.68. The molecule has 3 aromatic rings. The van der Waals surface area contributed by atoms with E-state index < -0.39 is 29.6 Å². The first kappa shape index (κ1) is 31.2. The van der Waals surface area contributed by atoms with Gasteiger partial charge in [0, 0.05) is 28.8 Å². The molecule has 41 heavy (non-hydrogen) atoms. The zero-order valence-corrected chi connectivity index (χ0v) is 23.3. The van der Waals surface area contributed by atoms with Gasteiger partial charge in [-0.25, -0.2) is 4.79 Å². The van der Waals surface area contributed by atoms with E-state index in [0.29, 0.717) is 22.6 Å². The zero-order chi connectivity index (χ0) is 30.2. The molecule has 0 heterocycles. The highest BCUT2D eigenvalue weighted by atomic mass is 19.4. The zero-order valence-electron chi connectivity index (χ0n) is 23.3. The topological polar surface area (TPSA) is 84.9 Å². The lowest BCUT2D eigenvalue weighted by atomic mass is 10.00. The van der Waals surface area contributed by atoms with E-state index in [9.17, 15) is 27.6 Å². The lowest BCUT2D eigenvalue weighted by Crippen LogP contribution is -2.52. The van der Waals surface area contributed by atoms with Crippen molar-refractivity contribution in [2.75, 3.05) is 25.6 Å². The maximum atomic E-state index is 13.1. The van der Waals surface area contributed by atoms with Crippen LogP contribution in [0.1, 0.15) is 42.3 Å². The van der Waals surface area contributed by atoms with E-state index in [1.807, 2.05) is 6.07 Å². The summed E-state index contributed by atoms with van der Waals surface area (Å²) < 4.78 is 49.6. The molecule has 218 valence electrons. The molecule has 1 N–H and O–H groups in total. The van der Waals surface area contributed by atoms with Crippen LogP contribution in [0.15, 0.2) is 78.9 Å². The number of halogens is 3. The van der Waals surface area contributed by atoms with Crippen molar-refractivity contribution in [1.82, 2.24) is 4.90 Å². The summed E-state index contributed by atoms with van der Waals surface area (Å²) in [6.07, 6.45) is -4.76. The van der Waals surface area contributed by atoms with E-state index in [4.69, 9.17) is 9.47 Å². The molecule has 10 heteroatoms. The number of carbonyl (C=O) groups is 3. The number of hydrogen-bond acceptors (Lipinski definition) is 6. The van der Waals surface area contributed by atoms with Gasteiger partial charge in [0.2, 0.25) is 0 Å². The number of alkyl halides is 3. The highest BCUT2D eigenvalue weighted by Crippen LogP contribution is 2.25. The Morgan fingerprint density at radius 2 is 1.49 bits per heavy atom. The SMILES string of the molecule is COC(=O)[C@H](Cc1ccc(OCCN(C(=O)C(F)(F)F)C(C)(C)C)cc1)Nc1ccccc1C(=O)c1ccccc1. The van der Waals surface area contributed by atoms with E-state index >= 15 is 0 Å². The molecule has 0 unspecified atom stereocenters. The molecule has 3 rings (SSSR count). The largest absolute Gasteiger partial charge is 0.492 e. The van der Waals surface area contributed by atoms with Crippen LogP contribution in [-0.4, -0.2) is 60.6 Å². The number of methoxy groups -OCH3 is 1. The highest BCUT2D eigenvalue weighted by molar-refractivity contribution is 6.12. The fourth-order valence-electron chi connectivity index (χ4n) is 4.18. The summed E-state index contributed by atoms with van der Waals surface area (Å²) in [5.74, 6) is -2.24. The Kier molecular flexibility index (Phi) is 10.2. The first-order valence-corrected chi connectivity index (χ1v) is 12.9. The fourth-order valence-corrected chi connectivity index (χ4v) is 4.18. The van der Waals surface area contributed by atoms with Crippen molar-refractivity contribution >= 4 is 23.3 Å². The summed E-state index contributed by atoms with van der Waals surface area (Å²) in [5, 5.41) is 3.14. The number of ketones is 1. The molecule has 0 fully saturated rings. The van der Waals surface area contributed by atoms with Gasteiger partial charge < -0.3 is 19.7 Å². The number of ether oxygens (including phenoxy) is 2. The number of amides is 1. The minimum Gasteiger partial charge on any atom is -0.492 e.